The lowest BCUT2D eigenvalue weighted by atomic mass is 10.1. The molecule has 0 unspecified atom stereocenters. The van der Waals surface area contributed by atoms with E-state index in [1.165, 1.54) is 5.56 Å². The zero-order chi connectivity index (χ0) is 20.9. The topological polar surface area (TPSA) is 71.7 Å². The monoisotopic (exact) mass is 406 g/mol. The summed E-state index contributed by atoms with van der Waals surface area (Å²) in [6, 6.07) is 11.8. The number of aromatic nitrogens is 2. The molecule has 2 aromatic heterocycles. The Labute approximate surface area is 176 Å². The van der Waals surface area contributed by atoms with E-state index in [1.807, 2.05) is 18.2 Å². The SMILES string of the molecule is CCOC(=O)c1ccc(N2CCN(Cc3coc(-c4ccc(C)cc4)n3)CC2)nc1. The van der Waals surface area contributed by atoms with Crippen molar-refractivity contribution in [3.63, 3.8) is 0 Å². The highest BCUT2D eigenvalue weighted by Gasteiger charge is 2.20. The Hall–Kier alpha value is -3.19. The Bertz CT molecular complexity index is 974. The van der Waals surface area contributed by atoms with Gasteiger partial charge in [0.05, 0.1) is 17.9 Å². The van der Waals surface area contributed by atoms with Gasteiger partial charge in [-0.3, -0.25) is 4.90 Å². The molecule has 1 saturated heterocycles. The van der Waals surface area contributed by atoms with E-state index in [4.69, 9.17) is 9.15 Å². The molecule has 7 nitrogen and oxygen atoms in total. The second-order valence-corrected chi connectivity index (χ2v) is 7.40. The van der Waals surface area contributed by atoms with E-state index in [2.05, 4.69) is 38.8 Å². The molecule has 0 spiro atoms. The number of pyridine rings is 1. The van der Waals surface area contributed by atoms with Crippen LogP contribution in [-0.4, -0.2) is 53.6 Å². The maximum atomic E-state index is 11.8. The number of piperazine rings is 1. The molecule has 3 aromatic rings. The minimum Gasteiger partial charge on any atom is -0.462 e. The Morgan fingerprint density at radius 1 is 1.10 bits per heavy atom. The lowest BCUT2D eigenvalue weighted by Crippen LogP contribution is -2.46. The molecule has 0 radical (unpaired) electrons. The molecule has 0 aliphatic carbocycles. The van der Waals surface area contributed by atoms with Crippen molar-refractivity contribution in [3.8, 4) is 11.5 Å². The van der Waals surface area contributed by atoms with Gasteiger partial charge >= 0.3 is 5.97 Å². The van der Waals surface area contributed by atoms with Crippen LogP contribution in [0.25, 0.3) is 11.5 Å². The summed E-state index contributed by atoms with van der Waals surface area (Å²) in [6.07, 6.45) is 3.33. The van der Waals surface area contributed by atoms with Crippen LogP contribution in [0.3, 0.4) is 0 Å². The van der Waals surface area contributed by atoms with E-state index >= 15 is 0 Å². The fourth-order valence-corrected chi connectivity index (χ4v) is 3.48. The molecule has 0 bridgehead atoms. The first kappa shape index (κ1) is 20.1. The zero-order valence-corrected chi connectivity index (χ0v) is 17.4. The minimum atomic E-state index is -0.334. The molecule has 1 fully saturated rings. The van der Waals surface area contributed by atoms with Crippen molar-refractivity contribution in [2.75, 3.05) is 37.7 Å². The summed E-state index contributed by atoms with van der Waals surface area (Å²) in [5, 5.41) is 0. The number of esters is 1. The van der Waals surface area contributed by atoms with Gasteiger partial charge in [-0.1, -0.05) is 17.7 Å². The Morgan fingerprint density at radius 2 is 1.87 bits per heavy atom. The van der Waals surface area contributed by atoms with Gasteiger partial charge in [-0.15, -0.1) is 0 Å². The number of carbonyl (C=O) groups is 1. The summed E-state index contributed by atoms with van der Waals surface area (Å²) < 4.78 is 10.7. The van der Waals surface area contributed by atoms with Crippen LogP contribution in [0.5, 0.6) is 0 Å². The normalized spacial score (nSPS) is 14.7. The number of hydrogen-bond acceptors (Lipinski definition) is 7. The van der Waals surface area contributed by atoms with E-state index in [0.717, 1.165) is 49.8 Å². The molecule has 30 heavy (non-hydrogen) atoms. The molecule has 0 atom stereocenters. The molecule has 1 aliphatic rings. The predicted molar refractivity (Wildman–Crippen MR) is 114 cm³/mol. The van der Waals surface area contributed by atoms with E-state index in [0.29, 0.717) is 18.1 Å². The second-order valence-electron chi connectivity index (χ2n) is 7.40. The molecule has 0 saturated carbocycles. The molecule has 3 heterocycles. The molecular formula is C23H26N4O3. The van der Waals surface area contributed by atoms with Crippen LogP contribution in [-0.2, 0) is 11.3 Å². The third-order valence-corrected chi connectivity index (χ3v) is 5.19. The minimum absolute atomic E-state index is 0.334. The second kappa shape index (κ2) is 9.09. The van der Waals surface area contributed by atoms with Crippen LogP contribution in [0.1, 0.15) is 28.5 Å². The molecule has 1 aliphatic heterocycles. The standard InChI is InChI=1S/C23H26N4O3/c1-3-29-23(28)19-8-9-21(24-14-19)27-12-10-26(11-13-27)15-20-16-30-22(25-20)18-6-4-17(2)5-7-18/h4-9,14,16H,3,10-13,15H2,1-2H3. The van der Waals surface area contributed by atoms with Gasteiger partial charge in [-0.05, 0) is 38.1 Å². The molecule has 7 heteroatoms. The van der Waals surface area contributed by atoms with E-state index < -0.39 is 0 Å². The number of carbonyl (C=O) groups excluding carboxylic acids is 1. The number of aryl methyl sites for hydroxylation is 1. The maximum absolute atomic E-state index is 11.8. The average Bonchev–Trinajstić information content (AvgIpc) is 3.23. The number of anilines is 1. The number of rotatable bonds is 6. The quantitative estimate of drug-likeness (QED) is 0.580. The van der Waals surface area contributed by atoms with Gasteiger partial charge in [-0.2, -0.15) is 0 Å². The van der Waals surface area contributed by atoms with Gasteiger partial charge in [0.25, 0.3) is 0 Å². The predicted octanol–water partition coefficient (Wildman–Crippen LogP) is 3.54. The first-order chi connectivity index (χ1) is 14.6. The summed E-state index contributed by atoms with van der Waals surface area (Å²) in [7, 11) is 0. The molecule has 156 valence electrons. The van der Waals surface area contributed by atoms with Crippen molar-refractivity contribution in [2.24, 2.45) is 0 Å². The summed E-state index contributed by atoms with van der Waals surface area (Å²) in [5.74, 6) is 1.21. The Morgan fingerprint density at radius 3 is 2.53 bits per heavy atom. The summed E-state index contributed by atoms with van der Waals surface area (Å²) >= 11 is 0. The third kappa shape index (κ3) is 4.68. The van der Waals surface area contributed by atoms with Gasteiger partial charge in [0, 0.05) is 44.5 Å². The van der Waals surface area contributed by atoms with Gasteiger partial charge in [0.1, 0.15) is 12.1 Å². The average molecular weight is 406 g/mol. The molecular weight excluding hydrogens is 380 g/mol. The highest BCUT2D eigenvalue weighted by atomic mass is 16.5. The third-order valence-electron chi connectivity index (χ3n) is 5.19. The van der Waals surface area contributed by atoms with E-state index in [9.17, 15) is 4.79 Å². The summed E-state index contributed by atoms with van der Waals surface area (Å²) in [4.78, 5) is 25.4. The number of nitrogens with zero attached hydrogens (tertiary/aromatic N) is 4. The van der Waals surface area contributed by atoms with Crippen LogP contribution in [0, 0.1) is 6.92 Å². The van der Waals surface area contributed by atoms with Crippen LogP contribution in [0.4, 0.5) is 5.82 Å². The number of benzene rings is 1. The molecule has 0 amide bonds. The molecule has 0 N–H and O–H groups in total. The lowest BCUT2D eigenvalue weighted by molar-refractivity contribution is 0.0526. The van der Waals surface area contributed by atoms with Crippen molar-refractivity contribution in [3.05, 3.63) is 65.7 Å². The Balaban J connectivity index is 1.31. The first-order valence-corrected chi connectivity index (χ1v) is 10.2. The maximum Gasteiger partial charge on any atom is 0.339 e. The largest absolute Gasteiger partial charge is 0.462 e. The van der Waals surface area contributed by atoms with Gasteiger partial charge in [0.15, 0.2) is 0 Å². The molecule has 1 aromatic carbocycles. The highest BCUT2D eigenvalue weighted by Crippen LogP contribution is 2.21. The van der Waals surface area contributed by atoms with Crippen molar-refractivity contribution < 1.29 is 13.9 Å². The van der Waals surface area contributed by atoms with Crippen molar-refractivity contribution >= 4 is 11.8 Å². The highest BCUT2D eigenvalue weighted by molar-refractivity contribution is 5.89. The van der Waals surface area contributed by atoms with Gasteiger partial charge < -0.3 is 14.1 Å². The van der Waals surface area contributed by atoms with Gasteiger partial charge in [0.2, 0.25) is 5.89 Å². The summed E-state index contributed by atoms with van der Waals surface area (Å²) in [6.45, 7) is 8.54. The smallest absolute Gasteiger partial charge is 0.339 e. The fraction of sp³-hybridized carbons (Fsp3) is 0.348. The van der Waals surface area contributed by atoms with E-state index in [-0.39, 0.29) is 5.97 Å². The van der Waals surface area contributed by atoms with Crippen molar-refractivity contribution in [1.82, 2.24) is 14.9 Å². The van der Waals surface area contributed by atoms with Crippen LogP contribution in [0.2, 0.25) is 0 Å². The zero-order valence-electron chi connectivity index (χ0n) is 17.4. The van der Waals surface area contributed by atoms with E-state index in [1.54, 1.807) is 25.5 Å². The summed E-state index contributed by atoms with van der Waals surface area (Å²) in [5.41, 5.74) is 3.63. The van der Waals surface area contributed by atoms with Crippen molar-refractivity contribution in [2.45, 2.75) is 20.4 Å². The van der Waals surface area contributed by atoms with Gasteiger partial charge in [-0.25, -0.2) is 14.8 Å². The fourth-order valence-electron chi connectivity index (χ4n) is 3.48. The Kier molecular flexibility index (Phi) is 6.09. The van der Waals surface area contributed by atoms with Crippen LogP contribution >= 0.6 is 0 Å². The van der Waals surface area contributed by atoms with Crippen LogP contribution in [0.15, 0.2) is 53.3 Å². The molecule has 4 rings (SSSR count). The lowest BCUT2D eigenvalue weighted by Gasteiger charge is -2.35. The number of hydrogen-bond donors (Lipinski definition) is 0. The number of oxazole rings is 1. The van der Waals surface area contributed by atoms with Crippen LogP contribution < -0.4 is 4.90 Å². The first-order valence-electron chi connectivity index (χ1n) is 10.2. The van der Waals surface area contributed by atoms with Crippen molar-refractivity contribution in [1.29, 1.82) is 0 Å². The number of ether oxygens (including phenoxy) is 1.